The van der Waals surface area contributed by atoms with E-state index < -0.39 is 23.4 Å². The Bertz CT molecular complexity index is 954. The van der Waals surface area contributed by atoms with Gasteiger partial charge < -0.3 is 20.0 Å². The summed E-state index contributed by atoms with van der Waals surface area (Å²) in [7, 11) is 0. The molecule has 0 aliphatic carbocycles. The van der Waals surface area contributed by atoms with Gasteiger partial charge in [-0.1, -0.05) is 30.3 Å². The number of amides is 1. The normalized spacial score (nSPS) is 18.6. The van der Waals surface area contributed by atoms with Gasteiger partial charge in [0.1, 0.15) is 5.70 Å². The first kappa shape index (κ1) is 19.2. The summed E-state index contributed by atoms with van der Waals surface area (Å²) in [6.45, 7) is 3.47. The first-order valence-electron chi connectivity index (χ1n) is 8.75. The molecule has 1 amide bonds. The zero-order chi connectivity index (χ0) is 20.3. The third-order valence-corrected chi connectivity index (χ3v) is 4.40. The maximum atomic E-state index is 13.1. The van der Waals surface area contributed by atoms with Crippen molar-refractivity contribution in [1.29, 1.82) is 0 Å². The monoisotopic (exact) mass is 379 g/mol. The van der Waals surface area contributed by atoms with Crippen molar-refractivity contribution in [2.24, 2.45) is 0 Å². The summed E-state index contributed by atoms with van der Waals surface area (Å²) < 4.78 is 5.19. The second-order valence-electron chi connectivity index (χ2n) is 6.40. The number of aromatic carboxylic acids is 1. The van der Waals surface area contributed by atoms with E-state index >= 15 is 0 Å². The molecule has 1 aliphatic rings. The number of nitrogens with one attached hydrogen (secondary N) is 1. The summed E-state index contributed by atoms with van der Waals surface area (Å²) >= 11 is 0. The van der Waals surface area contributed by atoms with Gasteiger partial charge in [0.2, 0.25) is 0 Å². The Morgan fingerprint density at radius 1 is 1.14 bits per heavy atom. The average Bonchev–Trinajstić information content (AvgIpc) is 2.94. The number of nitrogens with zero attached hydrogens (tertiary/aromatic N) is 1. The van der Waals surface area contributed by atoms with Crippen molar-refractivity contribution < 1.29 is 24.2 Å². The average molecular weight is 379 g/mol. The predicted octanol–water partition coefficient (Wildman–Crippen LogP) is 1.71. The number of hydrogen-bond acceptors (Lipinski definition) is 6. The third kappa shape index (κ3) is 3.46. The molecule has 0 saturated carbocycles. The fourth-order valence-corrected chi connectivity index (χ4v) is 3.10. The van der Waals surface area contributed by atoms with Crippen LogP contribution in [-0.2, 0) is 14.3 Å². The Morgan fingerprint density at radius 3 is 2.50 bits per heavy atom. The summed E-state index contributed by atoms with van der Waals surface area (Å²) in [6.07, 6.45) is 1.49. The summed E-state index contributed by atoms with van der Waals surface area (Å²) in [4.78, 5) is 38.2. The van der Waals surface area contributed by atoms with Crippen LogP contribution in [-0.4, -0.2) is 30.0 Å². The largest absolute Gasteiger partial charge is 0.545 e. The van der Waals surface area contributed by atoms with Crippen LogP contribution in [0.2, 0.25) is 0 Å². The summed E-state index contributed by atoms with van der Waals surface area (Å²) in [5.41, 5.74) is -0.288. The minimum Gasteiger partial charge on any atom is -0.545 e. The maximum absolute atomic E-state index is 13.1. The molecule has 0 saturated heterocycles. The molecule has 1 N–H and O–H groups in total. The number of esters is 1. The lowest BCUT2D eigenvalue weighted by Crippen LogP contribution is -2.51. The van der Waals surface area contributed by atoms with Gasteiger partial charge in [-0.3, -0.25) is 9.69 Å². The molecular formula is C21H19N2O5-. The Labute approximate surface area is 162 Å². The zero-order valence-corrected chi connectivity index (χ0v) is 15.5. The Balaban J connectivity index is 2.00. The number of ether oxygens (including phenoxy) is 1. The lowest BCUT2D eigenvalue weighted by Gasteiger charge is -2.32. The molecule has 0 aromatic heterocycles. The quantitative estimate of drug-likeness (QED) is 0.768. The number of carboxylic acids is 1. The molecule has 1 atom stereocenters. The van der Waals surface area contributed by atoms with Crippen molar-refractivity contribution in [3.63, 3.8) is 0 Å². The highest BCUT2D eigenvalue weighted by atomic mass is 16.5. The van der Waals surface area contributed by atoms with E-state index in [-0.39, 0.29) is 17.9 Å². The third-order valence-electron chi connectivity index (χ3n) is 4.40. The summed E-state index contributed by atoms with van der Waals surface area (Å²) in [5, 5.41) is 14.0. The first-order valence-corrected chi connectivity index (χ1v) is 8.75. The van der Waals surface area contributed by atoms with E-state index in [2.05, 4.69) is 5.32 Å². The van der Waals surface area contributed by atoms with Crippen molar-refractivity contribution in [3.05, 3.63) is 71.9 Å². The molecule has 7 nitrogen and oxygen atoms in total. The molecule has 0 bridgehead atoms. The van der Waals surface area contributed by atoms with Gasteiger partial charge in [-0.2, -0.15) is 0 Å². The van der Waals surface area contributed by atoms with Gasteiger partial charge in [0.15, 0.2) is 5.54 Å². The van der Waals surface area contributed by atoms with Crippen molar-refractivity contribution >= 4 is 29.2 Å². The molecule has 1 aliphatic heterocycles. The standard InChI is InChI=1S/C21H20N2O5/c1-3-28-20(27)21(2)13-17(18(24)23(21)16-10-5-4-6-11-16)22-15-9-7-8-14(12-15)19(25)26/h4-13,22H,3H2,1-2H3,(H,25,26)/p-1/t21-/m1/s1. The first-order chi connectivity index (χ1) is 13.4. The van der Waals surface area contributed by atoms with Gasteiger partial charge in [-0.15, -0.1) is 0 Å². The highest BCUT2D eigenvalue weighted by molar-refractivity contribution is 6.16. The molecule has 0 spiro atoms. The van der Waals surface area contributed by atoms with E-state index in [4.69, 9.17) is 4.74 Å². The lowest BCUT2D eigenvalue weighted by molar-refractivity contribution is -0.255. The SMILES string of the molecule is CCOC(=O)[C@@]1(C)C=C(Nc2cccc(C(=O)[O-])c2)C(=O)N1c1ccccc1. The number of anilines is 2. The molecule has 0 unspecified atom stereocenters. The number of benzene rings is 2. The van der Waals surface area contributed by atoms with Gasteiger partial charge in [-0.25, -0.2) is 4.79 Å². The smallest absolute Gasteiger partial charge is 0.336 e. The van der Waals surface area contributed by atoms with Crippen LogP contribution in [0, 0.1) is 0 Å². The Kier molecular flexibility index (Phi) is 5.17. The van der Waals surface area contributed by atoms with E-state index in [1.807, 2.05) is 6.07 Å². The Morgan fingerprint density at radius 2 is 1.86 bits per heavy atom. The van der Waals surface area contributed by atoms with Crippen molar-refractivity contribution in [3.8, 4) is 0 Å². The molecule has 144 valence electrons. The van der Waals surface area contributed by atoms with Crippen molar-refractivity contribution in [1.82, 2.24) is 0 Å². The fourth-order valence-electron chi connectivity index (χ4n) is 3.10. The van der Waals surface area contributed by atoms with Crippen LogP contribution in [0.5, 0.6) is 0 Å². The predicted molar refractivity (Wildman–Crippen MR) is 101 cm³/mol. The van der Waals surface area contributed by atoms with E-state index in [0.29, 0.717) is 11.4 Å². The van der Waals surface area contributed by atoms with Gasteiger partial charge in [0.25, 0.3) is 5.91 Å². The molecule has 2 aromatic rings. The fraction of sp³-hybridized carbons (Fsp3) is 0.190. The molecule has 1 heterocycles. The maximum Gasteiger partial charge on any atom is 0.336 e. The molecular weight excluding hydrogens is 360 g/mol. The topological polar surface area (TPSA) is 98.8 Å². The van der Waals surface area contributed by atoms with E-state index in [0.717, 1.165) is 0 Å². The van der Waals surface area contributed by atoms with Crippen LogP contribution in [0.1, 0.15) is 24.2 Å². The van der Waals surface area contributed by atoms with E-state index in [1.54, 1.807) is 44.2 Å². The molecule has 3 rings (SSSR count). The van der Waals surface area contributed by atoms with Gasteiger partial charge >= 0.3 is 5.97 Å². The highest BCUT2D eigenvalue weighted by Gasteiger charge is 2.49. The molecule has 7 heteroatoms. The number of hydrogen-bond donors (Lipinski definition) is 1. The summed E-state index contributed by atoms with van der Waals surface area (Å²) in [6, 6.07) is 14.7. The van der Waals surface area contributed by atoms with Crippen LogP contribution in [0.4, 0.5) is 11.4 Å². The Hall–Kier alpha value is -3.61. The summed E-state index contributed by atoms with van der Waals surface area (Å²) in [5.74, 6) is -2.31. The van der Waals surface area contributed by atoms with E-state index in [9.17, 15) is 19.5 Å². The van der Waals surface area contributed by atoms with Crippen LogP contribution in [0.25, 0.3) is 0 Å². The van der Waals surface area contributed by atoms with Gasteiger partial charge in [-0.05, 0) is 49.8 Å². The molecule has 28 heavy (non-hydrogen) atoms. The molecule has 0 radical (unpaired) electrons. The molecule has 0 fully saturated rings. The minimum atomic E-state index is -1.34. The number of para-hydroxylation sites is 1. The van der Waals surface area contributed by atoms with Crippen LogP contribution in [0.3, 0.4) is 0 Å². The number of carbonyl (C=O) groups is 3. The second-order valence-corrected chi connectivity index (χ2v) is 6.40. The zero-order valence-electron chi connectivity index (χ0n) is 15.5. The number of carbonyl (C=O) groups excluding carboxylic acids is 3. The molecule has 2 aromatic carbocycles. The van der Waals surface area contributed by atoms with Gasteiger partial charge in [0.05, 0.1) is 12.6 Å². The second kappa shape index (κ2) is 7.56. The van der Waals surface area contributed by atoms with Crippen molar-refractivity contribution in [2.45, 2.75) is 19.4 Å². The van der Waals surface area contributed by atoms with Gasteiger partial charge in [0, 0.05) is 11.4 Å². The van der Waals surface area contributed by atoms with Crippen LogP contribution in [0.15, 0.2) is 66.4 Å². The number of carboxylic acid groups (broad SMARTS) is 1. The van der Waals surface area contributed by atoms with Crippen LogP contribution >= 0.6 is 0 Å². The lowest BCUT2D eigenvalue weighted by atomic mass is 10.0. The minimum absolute atomic E-state index is 0.0240. The highest BCUT2D eigenvalue weighted by Crippen LogP contribution is 2.35. The van der Waals surface area contributed by atoms with Crippen molar-refractivity contribution in [2.75, 3.05) is 16.8 Å². The van der Waals surface area contributed by atoms with E-state index in [1.165, 1.54) is 29.2 Å². The number of rotatable bonds is 6. The van der Waals surface area contributed by atoms with Crippen LogP contribution < -0.4 is 15.3 Å².